The molecule has 3 aromatic carbocycles. The molecule has 2 atom stereocenters. The summed E-state index contributed by atoms with van der Waals surface area (Å²) in [5.41, 5.74) is 1.13. The van der Waals surface area contributed by atoms with Crippen LogP contribution in [0.15, 0.2) is 84.4 Å². The number of Topliss-reactive ketones (excluding diaryl/α,β-unsaturated/α-hetero) is 1. The summed E-state index contributed by atoms with van der Waals surface area (Å²) >= 11 is 0. The van der Waals surface area contributed by atoms with Gasteiger partial charge in [-0.3, -0.25) is 9.59 Å². The van der Waals surface area contributed by atoms with Gasteiger partial charge in [0.2, 0.25) is 0 Å². The van der Waals surface area contributed by atoms with Gasteiger partial charge in [-0.25, -0.2) is 0 Å². The minimum atomic E-state index is -0.782. The first-order valence-electron chi connectivity index (χ1n) is 11.9. The average Bonchev–Trinajstić information content (AvgIpc) is 3.51. The highest BCUT2D eigenvalue weighted by Crippen LogP contribution is 2.41. The number of methoxy groups -OCH3 is 1. The summed E-state index contributed by atoms with van der Waals surface area (Å²) in [7, 11) is 1.55. The van der Waals surface area contributed by atoms with Crippen molar-refractivity contribution in [1.82, 2.24) is 4.90 Å². The van der Waals surface area contributed by atoms with Crippen LogP contribution in [0.4, 0.5) is 0 Å². The number of amides is 1. The Labute approximate surface area is 209 Å². The molecular weight excluding hydrogens is 458 g/mol. The van der Waals surface area contributed by atoms with Crippen molar-refractivity contribution < 1.29 is 28.9 Å². The summed E-state index contributed by atoms with van der Waals surface area (Å²) in [6.45, 7) is 0.893. The van der Waals surface area contributed by atoms with Crippen LogP contribution in [0.25, 0.3) is 5.76 Å². The lowest BCUT2D eigenvalue weighted by atomic mass is 9.95. The lowest BCUT2D eigenvalue weighted by Gasteiger charge is -2.27. The van der Waals surface area contributed by atoms with Gasteiger partial charge >= 0.3 is 0 Å². The lowest BCUT2D eigenvalue weighted by Crippen LogP contribution is -2.36. The fourth-order valence-corrected chi connectivity index (χ4v) is 4.70. The van der Waals surface area contributed by atoms with E-state index >= 15 is 0 Å². The zero-order valence-corrected chi connectivity index (χ0v) is 19.9. The van der Waals surface area contributed by atoms with Crippen LogP contribution >= 0.6 is 0 Å². The van der Waals surface area contributed by atoms with Crippen molar-refractivity contribution in [1.29, 1.82) is 0 Å². The molecule has 0 radical (unpaired) electrons. The highest BCUT2D eigenvalue weighted by Gasteiger charge is 2.47. The highest BCUT2D eigenvalue weighted by molar-refractivity contribution is 6.46. The summed E-state index contributed by atoms with van der Waals surface area (Å²) in [6, 6.07) is 22.5. The molecule has 2 unspecified atom stereocenters. The Bertz CT molecular complexity index is 1280. The molecule has 7 heteroatoms. The number of aliphatic hydroxyl groups excluding tert-OH is 1. The van der Waals surface area contributed by atoms with Gasteiger partial charge in [0.1, 0.15) is 23.0 Å². The second-order valence-electron chi connectivity index (χ2n) is 8.80. The molecule has 0 aromatic heterocycles. The molecule has 0 bridgehead atoms. The highest BCUT2D eigenvalue weighted by atomic mass is 16.5. The fraction of sp³-hybridized carbons (Fsp3) is 0.241. The normalized spacial score (nSPS) is 21.1. The van der Waals surface area contributed by atoms with Crippen LogP contribution in [-0.4, -0.2) is 48.1 Å². The first kappa shape index (κ1) is 23.6. The Morgan fingerprint density at radius 2 is 1.72 bits per heavy atom. The Morgan fingerprint density at radius 1 is 0.972 bits per heavy atom. The van der Waals surface area contributed by atoms with Crippen LogP contribution < -0.4 is 9.47 Å². The van der Waals surface area contributed by atoms with E-state index in [2.05, 4.69) is 0 Å². The monoisotopic (exact) mass is 485 g/mol. The summed E-state index contributed by atoms with van der Waals surface area (Å²) in [5.74, 6) is 0.241. The number of hydrogen-bond acceptors (Lipinski definition) is 6. The SMILES string of the molecule is COc1ccc(C(O)=C2C(=O)C(=O)N(CC3CCCO3)C2c2cccc(Oc3ccccc3)c2)cc1. The van der Waals surface area contributed by atoms with Crippen molar-refractivity contribution in [2.24, 2.45) is 0 Å². The smallest absolute Gasteiger partial charge is 0.295 e. The van der Waals surface area contributed by atoms with Gasteiger partial charge < -0.3 is 24.2 Å². The largest absolute Gasteiger partial charge is 0.507 e. The number of benzene rings is 3. The first-order valence-corrected chi connectivity index (χ1v) is 11.9. The van der Waals surface area contributed by atoms with E-state index in [1.165, 1.54) is 4.90 Å². The molecule has 2 saturated heterocycles. The zero-order valence-electron chi connectivity index (χ0n) is 19.9. The summed E-state index contributed by atoms with van der Waals surface area (Å²) in [5, 5.41) is 11.3. The standard InChI is InChI=1S/C29H27NO6/c1-34-21-14-12-19(13-15-21)27(31)25-26(30(29(33)28(25)32)18-24-11-6-16-35-24)20-7-5-10-23(17-20)36-22-8-3-2-4-9-22/h2-5,7-10,12-15,17,24,26,31H,6,11,16,18H2,1H3. The molecule has 0 spiro atoms. The minimum absolute atomic E-state index is 0.0417. The maximum Gasteiger partial charge on any atom is 0.295 e. The molecule has 184 valence electrons. The Morgan fingerprint density at radius 3 is 2.42 bits per heavy atom. The van der Waals surface area contributed by atoms with E-state index in [9.17, 15) is 14.7 Å². The van der Waals surface area contributed by atoms with Gasteiger partial charge in [0.25, 0.3) is 11.7 Å². The van der Waals surface area contributed by atoms with Gasteiger partial charge in [-0.2, -0.15) is 0 Å². The fourth-order valence-electron chi connectivity index (χ4n) is 4.70. The third kappa shape index (κ3) is 4.70. The molecule has 7 nitrogen and oxygen atoms in total. The molecule has 2 aliphatic rings. The maximum absolute atomic E-state index is 13.3. The van der Waals surface area contributed by atoms with E-state index in [4.69, 9.17) is 14.2 Å². The number of rotatable bonds is 7. The molecule has 0 aliphatic carbocycles. The maximum atomic E-state index is 13.3. The van der Waals surface area contributed by atoms with Crippen LogP contribution in [-0.2, 0) is 14.3 Å². The van der Waals surface area contributed by atoms with Crippen molar-refractivity contribution >= 4 is 17.4 Å². The number of carbonyl (C=O) groups excluding carboxylic acids is 2. The van der Waals surface area contributed by atoms with E-state index < -0.39 is 17.7 Å². The number of para-hydroxylation sites is 1. The van der Waals surface area contributed by atoms with Gasteiger partial charge in [0, 0.05) is 18.7 Å². The lowest BCUT2D eigenvalue weighted by molar-refractivity contribution is -0.140. The first-order chi connectivity index (χ1) is 17.5. The van der Waals surface area contributed by atoms with E-state index in [1.807, 2.05) is 48.5 Å². The molecule has 1 N–H and O–H groups in total. The Balaban J connectivity index is 1.57. The van der Waals surface area contributed by atoms with Crippen LogP contribution in [0.1, 0.15) is 30.0 Å². The third-order valence-electron chi connectivity index (χ3n) is 6.48. The average molecular weight is 486 g/mol. The summed E-state index contributed by atoms with van der Waals surface area (Å²) in [6.07, 6.45) is 1.56. The number of ether oxygens (including phenoxy) is 3. The number of likely N-dealkylation sites (tertiary alicyclic amines) is 1. The van der Waals surface area contributed by atoms with Gasteiger partial charge in [-0.05, 0) is 66.9 Å². The van der Waals surface area contributed by atoms with Gasteiger partial charge in [0.15, 0.2) is 0 Å². The van der Waals surface area contributed by atoms with E-state index in [0.29, 0.717) is 35.0 Å². The van der Waals surface area contributed by atoms with Crippen molar-refractivity contribution in [2.75, 3.05) is 20.3 Å². The Hall–Kier alpha value is -4.10. The van der Waals surface area contributed by atoms with Crippen LogP contribution in [0.5, 0.6) is 17.2 Å². The molecule has 36 heavy (non-hydrogen) atoms. The number of hydrogen-bond donors (Lipinski definition) is 1. The van der Waals surface area contributed by atoms with Crippen molar-refractivity contribution in [3.8, 4) is 17.2 Å². The van der Waals surface area contributed by atoms with E-state index in [1.54, 1.807) is 37.4 Å². The number of ketones is 1. The summed E-state index contributed by atoms with van der Waals surface area (Å²) in [4.78, 5) is 28.0. The molecule has 2 fully saturated rings. The second kappa shape index (κ2) is 10.3. The van der Waals surface area contributed by atoms with E-state index in [0.717, 1.165) is 12.8 Å². The van der Waals surface area contributed by atoms with Crippen LogP contribution in [0.3, 0.4) is 0 Å². The third-order valence-corrected chi connectivity index (χ3v) is 6.48. The van der Waals surface area contributed by atoms with Crippen molar-refractivity contribution in [3.63, 3.8) is 0 Å². The van der Waals surface area contributed by atoms with Crippen LogP contribution in [0.2, 0.25) is 0 Å². The molecule has 3 aromatic rings. The molecule has 5 rings (SSSR count). The molecule has 2 aliphatic heterocycles. The Kier molecular flexibility index (Phi) is 6.73. The second-order valence-corrected chi connectivity index (χ2v) is 8.80. The summed E-state index contributed by atoms with van der Waals surface area (Å²) < 4.78 is 17.0. The molecule has 1 amide bonds. The molecule has 2 heterocycles. The molecule has 0 saturated carbocycles. The van der Waals surface area contributed by atoms with Crippen molar-refractivity contribution in [3.05, 3.63) is 95.6 Å². The number of aliphatic hydroxyl groups is 1. The number of carbonyl (C=O) groups is 2. The topological polar surface area (TPSA) is 85.3 Å². The predicted octanol–water partition coefficient (Wildman–Crippen LogP) is 5.09. The zero-order chi connectivity index (χ0) is 25.1. The van der Waals surface area contributed by atoms with Gasteiger partial charge in [0.05, 0.1) is 24.8 Å². The quantitative estimate of drug-likeness (QED) is 0.285. The number of nitrogens with zero attached hydrogens (tertiary/aromatic N) is 1. The molecular formula is C29H27NO6. The minimum Gasteiger partial charge on any atom is -0.507 e. The van der Waals surface area contributed by atoms with Crippen molar-refractivity contribution in [2.45, 2.75) is 25.0 Å². The predicted molar refractivity (Wildman–Crippen MR) is 134 cm³/mol. The van der Waals surface area contributed by atoms with Gasteiger partial charge in [-0.1, -0.05) is 30.3 Å². The van der Waals surface area contributed by atoms with E-state index in [-0.39, 0.29) is 24.0 Å². The van der Waals surface area contributed by atoms with Gasteiger partial charge in [-0.15, -0.1) is 0 Å². The van der Waals surface area contributed by atoms with Crippen LogP contribution in [0, 0.1) is 0 Å².